The second-order valence-corrected chi connectivity index (χ2v) is 9.87. The third-order valence-electron chi connectivity index (χ3n) is 7.12. The molecule has 0 spiro atoms. The Morgan fingerprint density at radius 1 is 1.03 bits per heavy atom. The molecule has 0 heterocycles. The fourth-order valence-corrected chi connectivity index (χ4v) is 5.05. The van der Waals surface area contributed by atoms with E-state index in [2.05, 4.69) is 11.8 Å². The van der Waals surface area contributed by atoms with Crippen LogP contribution in [0.15, 0.2) is 42.5 Å². The Hall–Kier alpha value is -3.06. The maximum absolute atomic E-state index is 12.8. The molecule has 0 bridgehead atoms. The molecule has 1 fully saturated rings. The van der Waals surface area contributed by atoms with Gasteiger partial charge in [0, 0.05) is 19.3 Å². The van der Waals surface area contributed by atoms with Gasteiger partial charge in [0.2, 0.25) is 0 Å². The molecule has 37 heavy (non-hydrogen) atoms. The van der Waals surface area contributed by atoms with Gasteiger partial charge < -0.3 is 20.1 Å². The van der Waals surface area contributed by atoms with Crippen molar-refractivity contribution in [3.8, 4) is 24.7 Å². The minimum absolute atomic E-state index is 0.105. The van der Waals surface area contributed by atoms with Crippen LogP contribution >= 0.6 is 0 Å². The number of rotatable bonds is 16. The molecule has 1 aromatic rings. The van der Waals surface area contributed by atoms with Gasteiger partial charge in [-0.2, -0.15) is 0 Å². The van der Waals surface area contributed by atoms with Crippen LogP contribution in [0.5, 0.6) is 0 Å². The van der Waals surface area contributed by atoms with Crippen LogP contribution in [0.4, 0.5) is 0 Å². The van der Waals surface area contributed by atoms with E-state index in [4.69, 9.17) is 22.7 Å². The number of carboxylic acids is 1. The van der Waals surface area contributed by atoms with Gasteiger partial charge in [-0.1, -0.05) is 42.5 Å². The van der Waals surface area contributed by atoms with Gasteiger partial charge in [0.05, 0.1) is 18.1 Å². The number of terminal acetylenes is 2. The molecule has 1 aliphatic carbocycles. The van der Waals surface area contributed by atoms with Crippen molar-refractivity contribution in [2.75, 3.05) is 0 Å². The van der Waals surface area contributed by atoms with Crippen LogP contribution < -0.4 is 0 Å². The van der Waals surface area contributed by atoms with Gasteiger partial charge in [-0.25, -0.2) is 0 Å². The highest BCUT2D eigenvalue weighted by molar-refractivity contribution is 5.73. The first kappa shape index (κ1) is 30.2. The number of aliphatic hydroxyl groups excluding tert-OH is 2. The highest BCUT2D eigenvalue weighted by atomic mass is 16.5. The normalized spacial score (nSPS) is 22.0. The zero-order valence-corrected chi connectivity index (χ0v) is 21.5. The number of carbonyl (C=O) groups is 2. The van der Waals surface area contributed by atoms with Gasteiger partial charge in [0.25, 0.3) is 0 Å². The monoisotopic (exact) mass is 508 g/mol. The van der Waals surface area contributed by atoms with Crippen LogP contribution in [-0.4, -0.2) is 45.6 Å². The number of aliphatic carboxylic acids is 1. The van der Waals surface area contributed by atoms with Crippen LogP contribution in [0.3, 0.4) is 0 Å². The fraction of sp³-hybridized carbons (Fsp3) is 0.548. The van der Waals surface area contributed by atoms with Crippen molar-refractivity contribution in [3.05, 3.63) is 48.0 Å². The van der Waals surface area contributed by atoms with Crippen molar-refractivity contribution < 1.29 is 29.6 Å². The van der Waals surface area contributed by atoms with Crippen LogP contribution in [0.25, 0.3) is 0 Å². The maximum atomic E-state index is 12.8. The van der Waals surface area contributed by atoms with E-state index in [0.717, 1.165) is 12.0 Å². The molecule has 5 atom stereocenters. The topological polar surface area (TPSA) is 104 Å². The predicted octanol–water partition coefficient (Wildman–Crippen LogP) is 4.53. The molecular formula is C31H40O6. The summed E-state index contributed by atoms with van der Waals surface area (Å²) in [6.07, 6.45) is 18.4. The number of hydrogen-bond acceptors (Lipinski definition) is 5. The molecule has 0 aromatic heterocycles. The largest absolute Gasteiger partial charge is 0.481 e. The fourth-order valence-electron chi connectivity index (χ4n) is 5.05. The average molecular weight is 509 g/mol. The lowest BCUT2D eigenvalue weighted by molar-refractivity contribution is -0.154. The number of aryl methyl sites for hydroxylation is 1. The molecule has 6 nitrogen and oxygen atoms in total. The SMILES string of the molecule is C#CCC(CC#C)C(=O)O[C@@H](CCc1ccccc1)CC[C@@H]1[C@@H](C/C=C\CCCC(=O)O)[C@@H](O)C[C@H]1O. The summed E-state index contributed by atoms with van der Waals surface area (Å²) in [5.74, 6) is 3.05. The zero-order chi connectivity index (χ0) is 27.0. The number of hydrogen-bond donors (Lipinski definition) is 3. The molecule has 0 radical (unpaired) electrons. The van der Waals surface area contributed by atoms with E-state index in [9.17, 15) is 19.8 Å². The first-order valence-corrected chi connectivity index (χ1v) is 13.2. The van der Waals surface area contributed by atoms with Crippen LogP contribution in [0.1, 0.15) is 69.8 Å². The van der Waals surface area contributed by atoms with E-state index in [-0.39, 0.29) is 43.2 Å². The molecular weight excluding hydrogens is 468 g/mol. The molecule has 6 heteroatoms. The Bertz CT molecular complexity index is 925. The number of allylic oxidation sites excluding steroid dienone is 2. The van der Waals surface area contributed by atoms with Gasteiger partial charge in [0.15, 0.2) is 0 Å². The van der Waals surface area contributed by atoms with E-state index in [1.54, 1.807) is 0 Å². The van der Waals surface area contributed by atoms with Crippen molar-refractivity contribution in [3.63, 3.8) is 0 Å². The summed E-state index contributed by atoms with van der Waals surface area (Å²) in [5.41, 5.74) is 1.15. The molecule has 1 aromatic carbocycles. The van der Waals surface area contributed by atoms with E-state index in [1.165, 1.54) is 0 Å². The minimum Gasteiger partial charge on any atom is -0.481 e. The van der Waals surface area contributed by atoms with Crippen molar-refractivity contribution in [1.29, 1.82) is 0 Å². The summed E-state index contributed by atoms with van der Waals surface area (Å²) in [5, 5.41) is 30.0. The summed E-state index contributed by atoms with van der Waals surface area (Å²) in [6, 6.07) is 9.98. The summed E-state index contributed by atoms with van der Waals surface area (Å²) in [4.78, 5) is 23.5. The Morgan fingerprint density at radius 2 is 1.70 bits per heavy atom. The van der Waals surface area contributed by atoms with Gasteiger partial charge >= 0.3 is 11.9 Å². The Balaban J connectivity index is 2.01. The molecule has 0 unspecified atom stereocenters. The Labute approximate surface area is 221 Å². The van der Waals surface area contributed by atoms with Gasteiger partial charge in [-0.15, -0.1) is 24.7 Å². The third kappa shape index (κ3) is 10.8. The second-order valence-electron chi connectivity index (χ2n) is 9.87. The van der Waals surface area contributed by atoms with Crippen LogP contribution in [0.2, 0.25) is 0 Å². The average Bonchev–Trinajstić information content (AvgIpc) is 3.14. The van der Waals surface area contributed by atoms with Crippen molar-refractivity contribution >= 4 is 11.9 Å². The van der Waals surface area contributed by atoms with Gasteiger partial charge in [-0.3, -0.25) is 9.59 Å². The summed E-state index contributed by atoms with van der Waals surface area (Å²) in [6.45, 7) is 0. The highest BCUT2D eigenvalue weighted by Crippen LogP contribution is 2.39. The molecule has 0 aliphatic heterocycles. The first-order valence-electron chi connectivity index (χ1n) is 13.2. The van der Waals surface area contributed by atoms with E-state index in [0.29, 0.717) is 44.9 Å². The van der Waals surface area contributed by atoms with Gasteiger partial charge in [0.1, 0.15) is 6.10 Å². The second kappa shape index (κ2) is 16.6. The molecule has 200 valence electrons. The molecule has 1 aliphatic rings. The number of ether oxygens (including phenoxy) is 1. The number of carboxylic acid groups (broad SMARTS) is 1. The number of unbranched alkanes of at least 4 members (excludes halogenated alkanes) is 1. The van der Waals surface area contributed by atoms with Crippen LogP contribution in [-0.2, 0) is 20.7 Å². The van der Waals surface area contributed by atoms with E-state index >= 15 is 0 Å². The number of benzene rings is 1. The molecule has 0 amide bonds. The van der Waals surface area contributed by atoms with E-state index < -0.39 is 24.1 Å². The van der Waals surface area contributed by atoms with Crippen molar-refractivity contribution in [2.24, 2.45) is 17.8 Å². The minimum atomic E-state index is -0.810. The lowest BCUT2D eigenvalue weighted by Gasteiger charge is -2.26. The highest BCUT2D eigenvalue weighted by Gasteiger charge is 2.41. The van der Waals surface area contributed by atoms with Crippen LogP contribution in [0, 0.1) is 42.4 Å². The Kier molecular flexibility index (Phi) is 13.6. The standard InChI is InChI=1S/C31H40O6/c1-3-12-24(13-4-2)31(36)37-25(19-18-23-14-8-7-9-15-23)20-21-27-26(28(32)22-29(27)33)16-10-5-6-11-17-30(34)35/h1-2,5,7-10,14-15,24-29,32-33H,6,11-13,16-22H2,(H,34,35)/b10-5-/t25-,26+,27+,28-,29+/m0/s1. The summed E-state index contributed by atoms with van der Waals surface area (Å²) < 4.78 is 5.91. The van der Waals surface area contributed by atoms with Crippen molar-refractivity contribution in [1.82, 2.24) is 0 Å². The number of aliphatic hydroxyl groups is 2. The van der Waals surface area contributed by atoms with Gasteiger partial charge in [-0.05, 0) is 68.8 Å². The third-order valence-corrected chi connectivity index (χ3v) is 7.12. The molecule has 0 saturated heterocycles. The Morgan fingerprint density at radius 3 is 2.35 bits per heavy atom. The summed E-state index contributed by atoms with van der Waals surface area (Å²) in [7, 11) is 0. The number of esters is 1. The molecule has 3 N–H and O–H groups in total. The van der Waals surface area contributed by atoms with E-state index in [1.807, 2.05) is 42.5 Å². The first-order chi connectivity index (χ1) is 17.8. The lowest BCUT2D eigenvalue weighted by atomic mass is 9.85. The number of carbonyl (C=O) groups excluding carboxylic acids is 1. The quantitative estimate of drug-likeness (QED) is 0.131. The molecule has 2 rings (SSSR count). The smallest absolute Gasteiger partial charge is 0.311 e. The van der Waals surface area contributed by atoms with Crippen molar-refractivity contribution in [2.45, 2.75) is 88.9 Å². The summed E-state index contributed by atoms with van der Waals surface area (Å²) >= 11 is 0. The molecule has 1 saturated carbocycles. The zero-order valence-electron chi connectivity index (χ0n) is 21.5. The predicted molar refractivity (Wildman–Crippen MR) is 143 cm³/mol. The lowest BCUT2D eigenvalue weighted by Crippen LogP contribution is -2.28. The maximum Gasteiger partial charge on any atom is 0.311 e.